The van der Waals surface area contributed by atoms with E-state index in [1.807, 2.05) is 0 Å². The number of hydrogen-bond acceptors (Lipinski definition) is 4. The Bertz CT molecular complexity index is 414. The predicted molar refractivity (Wildman–Crippen MR) is 58.6 cm³/mol. The molecule has 0 spiro atoms. The van der Waals surface area contributed by atoms with Crippen LogP contribution in [0.5, 0.6) is 5.75 Å². The fraction of sp³-hybridized carbons (Fsp3) is 0.273. The lowest BCUT2D eigenvalue weighted by Gasteiger charge is -2.09. The number of hydrogen-bond donors (Lipinski definition) is 1. The SMILES string of the molecule is COC(=O)c1cc(OC)ccc1NC(C)=O. The maximum Gasteiger partial charge on any atom is 0.340 e. The number of esters is 1. The molecule has 1 aromatic carbocycles. The van der Waals surface area contributed by atoms with Gasteiger partial charge >= 0.3 is 5.97 Å². The van der Waals surface area contributed by atoms with E-state index in [4.69, 9.17) is 4.74 Å². The monoisotopic (exact) mass is 223 g/mol. The first-order valence-corrected chi connectivity index (χ1v) is 4.62. The lowest BCUT2D eigenvalue weighted by Crippen LogP contribution is -2.12. The van der Waals surface area contributed by atoms with Gasteiger partial charge in [-0.2, -0.15) is 0 Å². The van der Waals surface area contributed by atoms with Crippen LogP contribution in [0.25, 0.3) is 0 Å². The van der Waals surface area contributed by atoms with E-state index in [1.54, 1.807) is 12.1 Å². The van der Waals surface area contributed by atoms with E-state index in [1.165, 1.54) is 27.2 Å². The van der Waals surface area contributed by atoms with Crippen LogP contribution in [0.15, 0.2) is 18.2 Å². The van der Waals surface area contributed by atoms with Crippen molar-refractivity contribution in [1.29, 1.82) is 0 Å². The number of carbonyl (C=O) groups excluding carboxylic acids is 2. The normalized spacial score (nSPS) is 9.44. The average molecular weight is 223 g/mol. The summed E-state index contributed by atoms with van der Waals surface area (Å²) in [4.78, 5) is 22.4. The van der Waals surface area contributed by atoms with Crippen molar-refractivity contribution in [3.8, 4) is 5.75 Å². The van der Waals surface area contributed by atoms with Crippen molar-refractivity contribution in [2.45, 2.75) is 6.92 Å². The Morgan fingerprint density at radius 1 is 1.25 bits per heavy atom. The molecule has 0 saturated carbocycles. The first kappa shape index (κ1) is 12.0. The molecule has 0 saturated heterocycles. The number of anilines is 1. The van der Waals surface area contributed by atoms with Crippen LogP contribution < -0.4 is 10.1 Å². The second kappa shape index (κ2) is 5.16. The Kier molecular flexibility index (Phi) is 3.88. The van der Waals surface area contributed by atoms with Gasteiger partial charge in [-0.25, -0.2) is 4.79 Å². The van der Waals surface area contributed by atoms with E-state index in [0.29, 0.717) is 11.4 Å². The van der Waals surface area contributed by atoms with E-state index < -0.39 is 5.97 Å². The quantitative estimate of drug-likeness (QED) is 0.787. The van der Waals surface area contributed by atoms with E-state index in [2.05, 4.69) is 10.1 Å². The fourth-order valence-corrected chi connectivity index (χ4v) is 1.23. The lowest BCUT2D eigenvalue weighted by atomic mass is 10.1. The summed E-state index contributed by atoms with van der Waals surface area (Å²) >= 11 is 0. The molecule has 0 radical (unpaired) electrons. The van der Waals surface area contributed by atoms with Crippen molar-refractivity contribution in [3.63, 3.8) is 0 Å². The number of nitrogens with one attached hydrogen (secondary N) is 1. The molecule has 0 unspecified atom stereocenters. The molecule has 1 N–H and O–H groups in total. The largest absolute Gasteiger partial charge is 0.497 e. The third-order valence-corrected chi connectivity index (χ3v) is 1.94. The fourth-order valence-electron chi connectivity index (χ4n) is 1.23. The van der Waals surface area contributed by atoms with Crippen LogP contribution in [-0.2, 0) is 9.53 Å². The smallest absolute Gasteiger partial charge is 0.340 e. The van der Waals surface area contributed by atoms with Gasteiger partial charge in [-0.3, -0.25) is 4.79 Å². The molecular weight excluding hydrogens is 210 g/mol. The summed E-state index contributed by atoms with van der Waals surface area (Å²) in [5.41, 5.74) is 0.664. The van der Waals surface area contributed by atoms with Gasteiger partial charge in [0.05, 0.1) is 25.5 Å². The van der Waals surface area contributed by atoms with Gasteiger partial charge in [0.1, 0.15) is 5.75 Å². The Morgan fingerprint density at radius 3 is 2.44 bits per heavy atom. The summed E-state index contributed by atoms with van der Waals surface area (Å²) in [7, 11) is 2.77. The van der Waals surface area contributed by atoms with Gasteiger partial charge in [0.15, 0.2) is 0 Å². The third-order valence-electron chi connectivity index (χ3n) is 1.94. The highest BCUT2D eigenvalue weighted by Gasteiger charge is 2.13. The van der Waals surface area contributed by atoms with Crippen molar-refractivity contribution in [3.05, 3.63) is 23.8 Å². The number of amides is 1. The van der Waals surface area contributed by atoms with Crippen LogP contribution in [0, 0.1) is 0 Å². The topological polar surface area (TPSA) is 64.6 Å². The molecule has 86 valence electrons. The zero-order valence-corrected chi connectivity index (χ0v) is 9.37. The van der Waals surface area contributed by atoms with E-state index in [9.17, 15) is 9.59 Å². The molecule has 0 aliphatic carbocycles. The van der Waals surface area contributed by atoms with Gasteiger partial charge < -0.3 is 14.8 Å². The molecule has 16 heavy (non-hydrogen) atoms. The summed E-state index contributed by atoms with van der Waals surface area (Å²) in [5.74, 6) is -0.257. The minimum Gasteiger partial charge on any atom is -0.497 e. The van der Waals surface area contributed by atoms with Gasteiger partial charge in [0.25, 0.3) is 0 Å². The Hall–Kier alpha value is -2.04. The van der Waals surface area contributed by atoms with E-state index in [-0.39, 0.29) is 11.5 Å². The molecule has 0 atom stereocenters. The second-order valence-electron chi connectivity index (χ2n) is 3.08. The van der Waals surface area contributed by atoms with Crippen molar-refractivity contribution in [1.82, 2.24) is 0 Å². The maximum atomic E-state index is 11.5. The van der Waals surface area contributed by atoms with Gasteiger partial charge in [-0.1, -0.05) is 0 Å². The molecule has 1 rings (SSSR count). The summed E-state index contributed by atoms with van der Waals surface area (Å²) in [6.45, 7) is 1.37. The molecule has 0 heterocycles. The van der Waals surface area contributed by atoms with Crippen LogP contribution in [0.4, 0.5) is 5.69 Å². The predicted octanol–water partition coefficient (Wildman–Crippen LogP) is 1.44. The first-order chi connectivity index (χ1) is 7.58. The molecule has 0 bridgehead atoms. The van der Waals surface area contributed by atoms with Crippen molar-refractivity contribution < 1.29 is 19.1 Å². The molecule has 0 aliphatic rings. The molecule has 0 aliphatic heterocycles. The second-order valence-corrected chi connectivity index (χ2v) is 3.08. The zero-order valence-electron chi connectivity index (χ0n) is 9.37. The molecule has 0 fully saturated rings. The lowest BCUT2D eigenvalue weighted by molar-refractivity contribution is -0.114. The minimum absolute atomic E-state index is 0.254. The number of rotatable bonds is 3. The highest BCUT2D eigenvalue weighted by molar-refractivity contribution is 6.01. The van der Waals surface area contributed by atoms with Crippen LogP contribution in [-0.4, -0.2) is 26.1 Å². The highest BCUT2D eigenvalue weighted by Crippen LogP contribution is 2.22. The van der Waals surface area contributed by atoms with Crippen molar-refractivity contribution in [2.24, 2.45) is 0 Å². The maximum absolute atomic E-state index is 11.5. The van der Waals surface area contributed by atoms with Crippen LogP contribution >= 0.6 is 0 Å². The summed E-state index contributed by atoms with van der Waals surface area (Å²) in [6, 6.07) is 4.75. The molecule has 5 nitrogen and oxygen atoms in total. The first-order valence-electron chi connectivity index (χ1n) is 4.62. The third kappa shape index (κ3) is 2.73. The summed E-state index contributed by atoms with van der Waals surface area (Å²) < 4.78 is 9.60. The van der Waals surface area contributed by atoms with E-state index >= 15 is 0 Å². The van der Waals surface area contributed by atoms with E-state index in [0.717, 1.165) is 0 Å². The molecule has 0 aromatic heterocycles. The van der Waals surface area contributed by atoms with Crippen LogP contribution in [0.2, 0.25) is 0 Å². The van der Waals surface area contributed by atoms with Crippen molar-refractivity contribution in [2.75, 3.05) is 19.5 Å². The number of ether oxygens (including phenoxy) is 2. The van der Waals surface area contributed by atoms with Crippen LogP contribution in [0.3, 0.4) is 0 Å². The molecule has 1 amide bonds. The van der Waals surface area contributed by atoms with Gasteiger partial charge in [0, 0.05) is 6.92 Å². The van der Waals surface area contributed by atoms with Gasteiger partial charge in [-0.05, 0) is 18.2 Å². The van der Waals surface area contributed by atoms with Gasteiger partial charge in [-0.15, -0.1) is 0 Å². The minimum atomic E-state index is -0.525. The molecule has 1 aromatic rings. The molecular formula is C11H13NO4. The van der Waals surface area contributed by atoms with Crippen molar-refractivity contribution >= 4 is 17.6 Å². The van der Waals surface area contributed by atoms with Gasteiger partial charge in [0.2, 0.25) is 5.91 Å². The summed E-state index contributed by atoms with van der Waals surface area (Å²) in [5, 5.41) is 2.54. The Morgan fingerprint density at radius 2 is 1.94 bits per heavy atom. The Balaban J connectivity index is 3.15. The molecule has 5 heteroatoms. The Labute approximate surface area is 93.4 Å². The number of methoxy groups -OCH3 is 2. The highest BCUT2D eigenvalue weighted by atomic mass is 16.5. The summed E-state index contributed by atoms with van der Waals surface area (Å²) in [6.07, 6.45) is 0. The number of carbonyl (C=O) groups is 2. The number of benzene rings is 1. The standard InChI is InChI=1S/C11H13NO4/c1-7(13)12-10-5-4-8(15-2)6-9(10)11(14)16-3/h4-6H,1-3H3,(H,12,13). The van der Waals surface area contributed by atoms with Crippen LogP contribution in [0.1, 0.15) is 17.3 Å². The zero-order chi connectivity index (χ0) is 12.1. The average Bonchev–Trinajstić information content (AvgIpc) is 2.28.